The highest BCUT2D eigenvalue weighted by atomic mass is 15.0. The molecule has 0 spiro atoms. The van der Waals surface area contributed by atoms with Gasteiger partial charge in [-0.05, 0) is 133 Å². The maximum absolute atomic E-state index is 2.50. The van der Waals surface area contributed by atoms with Crippen LogP contribution >= 0.6 is 0 Å². The van der Waals surface area contributed by atoms with Crippen molar-refractivity contribution in [2.45, 2.75) is 26.9 Å². The van der Waals surface area contributed by atoms with E-state index in [9.17, 15) is 0 Å². The van der Waals surface area contributed by atoms with Gasteiger partial charge in [0.2, 0.25) is 0 Å². The zero-order chi connectivity index (χ0) is 39.9. The first-order chi connectivity index (χ1) is 29.7. The average Bonchev–Trinajstić information content (AvgIpc) is 3.82. The molecule has 12 aromatic rings. The summed E-state index contributed by atoms with van der Waals surface area (Å²) in [6, 6.07) is 72.6. The van der Waals surface area contributed by atoms with E-state index < -0.39 is 0 Å². The summed E-state index contributed by atoms with van der Waals surface area (Å²) in [6.45, 7) is 6.33. The molecule has 2 aromatic heterocycles. The molecule has 0 saturated heterocycles. The number of aromatic nitrogens is 2. The molecule has 10 aromatic carbocycles. The first-order valence-electron chi connectivity index (χ1n) is 21.3. The van der Waals surface area contributed by atoms with Crippen LogP contribution in [0.1, 0.15) is 13.8 Å². The molecular formula is C58H42N2. The third-order valence-electron chi connectivity index (χ3n) is 13.1. The molecule has 0 aliphatic rings. The van der Waals surface area contributed by atoms with Crippen molar-refractivity contribution in [2.75, 3.05) is 0 Å². The summed E-state index contributed by atoms with van der Waals surface area (Å²) in [6.07, 6.45) is 0. The Morgan fingerprint density at radius 3 is 1.32 bits per heavy atom. The van der Waals surface area contributed by atoms with Gasteiger partial charge < -0.3 is 9.13 Å². The van der Waals surface area contributed by atoms with Crippen LogP contribution in [0.15, 0.2) is 194 Å². The van der Waals surface area contributed by atoms with Crippen molar-refractivity contribution in [1.82, 2.24) is 9.13 Å². The van der Waals surface area contributed by atoms with Crippen molar-refractivity contribution in [3.8, 4) is 44.5 Å². The van der Waals surface area contributed by atoms with Gasteiger partial charge in [0.1, 0.15) is 0 Å². The van der Waals surface area contributed by atoms with Crippen LogP contribution in [0.2, 0.25) is 0 Å². The first-order valence-corrected chi connectivity index (χ1v) is 21.3. The molecule has 0 saturated carbocycles. The monoisotopic (exact) mass is 766 g/mol. The van der Waals surface area contributed by atoms with Crippen LogP contribution in [0.5, 0.6) is 0 Å². The lowest BCUT2D eigenvalue weighted by Crippen LogP contribution is -1.93. The summed E-state index contributed by atoms with van der Waals surface area (Å²) in [7, 11) is 0. The molecule has 0 N–H and O–H groups in total. The van der Waals surface area contributed by atoms with E-state index in [-0.39, 0.29) is 0 Å². The highest BCUT2D eigenvalue weighted by Crippen LogP contribution is 2.47. The number of fused-ring (bicyclic) bond motifs is 9. The lowest BCUT2D eigenvalue weighted by Gasteiger charge is -2.19. The second-order valence-electron chi connectivity index (χ2n) is 16.1. The van der Waals surface area contributed by atoms with Crippen molar-refractivity contribution >= 4 is 75.9 Å². The summed E-state index contributed by atoms with van der Waals surface area (Å²) < 4.78 is 4.93. The quantitative estimate of drug-likeness (QED) is 0.149. The number of aryl methyl sites for hydroxylation is 2. The van der Waals surface area contributed by atoms with Crippen LogP contribution in [0, 0.1) is 0 Å². The second-order valence-corrected chi connectivity index (χ2v) is 16.1. The number of hydrogen-bond acceptors (Lipinski definition) is 0. The molecule has 0 aliphatic carbocycles. The summed E-state index contributed by atoms with van der Waals surface area (Å²) in [5.41, 5.74) is 15.1. The Labute approximate surface area is 349 Å². The number of nitrogens with zero attached hydrogens (tertiary/aromatic N) is 2. The Morgan fingerprint density at radius 2 is 0.750 bits per heavy atom. The molecule has 2 heterocycles. The van der Waals surface area contributed by atoms with E-state index in [1.165, 1.54) is 120 Å². The Morgan fingerprint density at radius 1 is 0.300 bits per heavy atom. The number of hydrogen-bond donors (Lipinski definition) is 0. The Kier molecular flexibility index (Phi) is 7.83. The van der Waals surface area contributed by atoms with Gasteiger partial charge in [0.15, 0.2) is 0 Å². The van der Waals surface area contributed by atoms with E-state index in [0.29, 0.717) is 0 Å². The van der Waals surface area contributed by atoms with Crippen LogP contribution in [0.4, 0.5) is 0 Å². The van der Waals surface area contributed by atoms with Crippen molar-refractivity contribution in [3.63, 3.8) is 0 Å². The van der Waals surface area contributed by atoms with Gasteiger partial charge in [-0.25, -0.2) is 0 Å². The van der Waals surface area contributed by atoms with E-state index in [1.54, 1.807) is 0 Å². The summed E-state index contributed by atoms with van der Waals surface area (Å²) in [5, 5.41) is 12.7. The molecule has 60 heavy (non-hydrogen) atoms. The maximum atomic E-state index is 2.50. The topological polar surface area (TPSA) is 9.86 Å². The van der Waals surface area contributed by atoms with Gasteiger partial charge in [-0.3, -0.25) is 0 Å². The average molecular weight is 767 g/mol. The fourth-order valence-corrected chi connectivity index (χ4v) is 10.5. The van der Waals surface area contributed by atoms with Gasteiger partial charge in [0, 0.05) is 56.7 Å². The van der Waals surface area contributed by atoms with Crippen molar-refractivity contribution in [3.05, 3.63) is 194 Å². The molecule has 0 aliphatic heterocycles. The molecule has 0 unspecified atom stereocenters. The zero-order valence-electron chi connectivity index (χ0n) is 33.8. The molecule has 0 bridgehead atoms. The lowest BCUT2D eigenvalue weighted by atomic mass is 9.85. The van der Waals surface area contributed by atoms with E-state index in [1.807, 2.05) is 0 Å². The summed E-state index contributed by atoms with van der Waals surface area (Å²) >= 11 is 0. The standard InChI is InChI=1S/C58H42N2/c1-3-59-52-26-10-8-18-48(52)57-44(24-14-28-54(57)59)42-20-12-22-46-50(42)36-51-43(45-25-15-29-55-58(45)49-19-9-11-27-53(49)60(55)4-2)21-13-23-47(51)56(46)40-33-31-38-30-32-39(34-41(38)35-40)37-16-6-5-7-17-37/h5-36H,3-4H2,1-2H3. The highest BCUT2D eigenvalue weighted by Gasteiger charge is 2.21. The SMILES string of the molecule is CCn1c2ccccc2c2c(-c3cccc4c(-c5ccc6ccc(-c7ccccc7)cc6c5)c5cccc(-c6cccc7c6c6ccccc6n7CC)c5cc34)cccc21. The second kappa shape index (κ2) is 13.6. The van der Waals surface area contributed by atoms with Crippen LogP contribution in [-0.2, 0) is 13.1 Å². The summed E-state index contributed by atoms with van der Waals surface area (Å²) in [4.78, 5) is 0. The third-order valence-corrected chi connectivity index (χ3v) is 13.1. The highest BCUT2D eigenvalue weighted by molar-refractivity contribution is 6.24. The van der Waals surface area contributed by atoms with Crippen LogP contribution in [0.3, 0.4) is 0 Å². The Balaban J connectivity index is 1.21. The van der Waals surface area contributed by atoms with Gasteiger partial charge in [-0.2, -0.15) is 0 Å². The minimum atomic E-state index is 0.912. The van der Waals surface area contributed by atoms with E-state index in [4.69, 9.17) is 0 Å². The molecular weight excluding hydrogens is 725 g/mol. The molecule has 0 amide bonds. The van der Waals surface area contributed by atoms with Crippen LogP contribution in [-0.4, -0.2) is 9.13 Å². The Hall–Kier alpha value is -7.42. The van der Waals surface area contributed by atoms with Crippen molar-refractivity contribution < 1.29 is 0 Å². The van der Waals surface area contributed by atoms with Gasteiger partial charge >= 0.3 is 0 Å². The number of rotatable bonds is 6. The largest absolute Gasteiger partial charge is 0.341 e. The third kappa shape index (κ3) is 5.07. The van der Waals surface area contributed by atoms with Crippen molar-refractivity contribution in [1.29, 1.82) is 0 Å². The normalized spacial score (nSPS) is 12.0. The molecule has 0 radical (unpaired) electrons. The minimum absolute atomic E-state index is 0.912. The molecule has 284 valence electrons. The Bertz CT molecular complexity index is 3500. The first kappa shape index (κ1) is 34.6. The van der Waals surface area contributed by atoms with Crippen LogP contribution in [0.25, 0.3) is 120 Å². The molecule has 12 rings (SSSR count). The van der Waals surface area contributed by atoms with Gasteiger partial charge in [0.25, 0.3) is 0 Å². The predicted octanol–water partition coefficient (Wildman–Crippen LogP) is 16.1. The predicted molar refractivity (Wildman–Crippen MR) is 258 cm³/mol. The number of benzene rings is 10. The van der Waals surface area contributed by atoms with Crippen molar-refractivity contribution in [2.24, 2.45) is 0 Å². The lowest BCUT2D eigenvalue weighted by molar-refractivity contribution is 0.827. The minimum Gasteiger partial charge on any atom is -0.341 e. The smallest absolute Gasteiger partial charge is 0.0497 e. The molecule has 2 heteroatoms. The molecule has 0 atom stereocenters. The van der Waals surface area contributed by atoms with E-state index in [2.05, 4.69) is 217 Å². The number of para-hydroxylation sites is 2. The fraction of sp³-hybridized carbons (Fsp3) is 0.0690. The maximum Gasteiger partial charge on any atom is 0.0497 e. The van der Waals surface area contributed by atoms with E-state index in [0.717, 1.165) is 13.1 Å². The van der Waals surface area contributed by atoms with Gasteiger partial charge in [-0.1, -0.05) is 152 Å². The molecule has 0 fully saturated rings. The van der Waals surface area contributed by atoms with Crippen LogP contribution < -0.4 is 0 Å². The summed E-state index contributed by atoms with van der Waals surface area (Å²) in [5.74, 6) is 0. The molecule has 2 nitrogen and oxygen atoms in total. The van der Waals surface area contributed by atoms with E-state index >= 15 is 0 Å². The zero-order valence-corrected chi connectivity index (χ0v) is 33.8. The fourth-order valence-electron chi connectivity index (χ4n) is 10.5. The van der Waals surface area contributed by atoms with Gasteiger partial charge in [0.05, 0.1) is 0 Å². The van der Waals surface area contributed by atoms with Gasteiger partial charge in [-0.15, -0.1) is 0 Å².